The van der Waals surface area contributed by atoms with Crippen molar-refractivity contribution in [2.24, 2.45) is 5.92 Å². The second-order valence-electron chi connectivity index (χ2n) is 15.2. The van der Waals surface area contributed by atoms with Crippen LogP contribution in [0.3, 0.4) is 0 Å². The van der Waals surface area contributed by atoms with E-state index in [9.17, 15) is 41.8 Å². The first-order valence-corrected chi connectivity index (χ1v) is 19.4. The van der Waals surface area contributed by atoms with Crippen LogP contribution in [0, 0.1) is 11.7 Å². The maximum Gasteiger partial charge on any atom is 0.416 e. The number of halogens is 4. The lowest BCUT2D eigenvalue weighted by Crippen LogP contribution is -2.57. The van der Waals surface area contributed by atoms with E-state index in [-0.39, 0.29) is 49.6 Å². The van der Waals surface area contributed by atoms with Crippen LogP contribution in [0.15, 0.2) is 48.7 Å². The van der Waals surface area contributed by atoms with E-state index >= 15 is 0 Å². The third kappa shape index (κ3) is 11.7. The molecule has 1 aromatic heterocycles. The SMILES string of the molecule is CC(C)C[C@H]1NC(=O)c2ccc(F)cc2OCc2cn(nn2)CCCCCCCCNC(=O)[C@H](Cc2ccc(C(F)(F)F)cc2)N(C)C(=O)[C@H]2C[C@H](O)CN2C1=O. The van der Waals surface area contributed by atoms with Crippen LogP contribution >= 0.6 is 0 Å². The molecule has 1 saturated heterocycles. The maximum atomic E-state index is 14.4. The van der Waals surface area contributed by atoms with Gasteiger partial charge in [-0.15, -0.1) is 5.10 Å². The topological polar surface area (TPSA) is 159 Å². The molecule has 0 spiro atoms. The molecule has 3 N–H and O–H groups in total. The summed E-state index contributed by atoms with van der Waals surface area (Å²) in [4.78, 5) is 58.5. The lowest BCUT2D eigenvalue weighted by molar-refractivity contribution is -0.147. The zero-order chi connectivity index (χ0) is 41.3. The van der Waals surface area contributed by atoms with Crippen LogP contribution in [0.25, 0.3) is 0 Å². The summed E-state index contributed by atoms with van der Waals surface area (Å²) in [6.45, 7) is 4.28. The van der Waals surface area contributed by atoms with Gasteiger partial charge in [0, 0.05) is 45.6 Å². The second kappa shape index (κ2) is 19.4. The normalized spacial score (nSPS) is 22.8. The van der Waals surface area contributed by atoms with E-state index in [1.165, 1.54) is 35.0 Å². The molecule has 3 aromatic rings. The Kier molecular flexibility index (Phi) is 14.7. The first-order valence-electron chi connectivity index (χ1n) is 19.4. The Bertz CT molecular complexity index is 1850. The van der Waals surface area contributed by atoms with E-state index in [1.807, 2.05) is 13.8 Å². The molecule has 2 aliphatic rings. The number of carbonyl (C=O) groups excluding carboxylic acids is 4. The average molecular weight is 802 g/mol. The molecule has 0 unspecified atom stereocenters. The summed E-state index contributed by atoms with van der Waals surface area (Å²) in [7, 11) is 1.39. The molecule has 3 heterocycles. The first kappa shape index (κ1) is 43.1. The van der Waals surface area contributed by atoms with Gasteiger partial charge in [-0.2, -0.15) is 13.2 Å². The summed E-state index contributed by atoms with van der Waals surface area (Å²) in [6, 6.07) is 4.19. The number of hydrogen-bond donors (Lipinski definition) is 3. The second-order valence-corrected chi connectivity index (χ2v) is 15.2. The molecule has 57 heavy (non-hydrogen) atoms. The highest BCUT2D eigenvalue weighted by molar-refractivity contribution is 6.00. The van der Waals surface area contributed by atoms with Gasteiger partial charge in [-0.25, -0.2) is 4.39 Å². The van der Waals surface area contributed by atoms with Gasteiger partial charge in [0.15, 0.2) is 0 Å². The Morgan fingerprint density at radius 1 is 0.965 bits per heavy atom. The Morgan fingerprint density at radius 2 is 1.67 bits per heavy atom. The van der Waals surface area contributed by atoms with Gasteiger partial charge in [-0.05, 0) is 55.0 Å². The van der Waals surface area contributed by atoms with Crippen LogP contribution < -0.4 is 15.4 Å². The van der Waals surface area contributed by atoms with E-state index in [4.69, 9.17) is 4.74 Å². The number of fused-ring (bicyclic) bond motifs is 4. The Morgan fingerprint density at radius 3 is 2.37 bits per heavy atom. The maximum absolute atomic E-state index is 14.4. The van der Waals surface area contributed by atoms with Crippen LogP contribution in [0.2, 0.25) is 0 Å². The summed E-state index contributed by atoms with van der Waals surface area (Å²) in [5, 5.41) is 24.7. The van der Waals surface area contributed by atoms with Crippen molar-refractivity contribution in [1.82, 2.24) is 35.4 Å². The third-order valence-electron chi connectivity index (χ3n) is 10.2. The molecule has 0 aliphatic carbocycles. The van der Waals surface area contributed by atoms with Crippen molar-refractivity contribution in [3.63, 3.8) is 0 Å². The van der Waals surface area contributed by atoms with E-state index in [1.54, 1.807) is 10.9 Å². The number of aliphatic hydroxyl groups is 1. The van der Waals surface area contributed by atoms with Crippen molar-refractivity contribution in [1.29, 1.82) is 0 Å². The van der Waals surface area contributed by atoms with Crippen molar-refractivity contribution in [3.05, 3.63) is 76.9 Å². The number of ether oxygens (including phenoxy) is 1. The standard InChI is InChI=1S/C40H51F4N7O6/c1-25(2)18-32-38(55)51-23-30(52)21-34(51)39(56)49(3)33(19-26-10-12-27(13-11-26)40(42,43)44)37(54)45-16-8-6-4-5-7-9-17-50-22-29(47-48-50)24-57-35-20-28(41)14-15-31(35)36(53)46-32/h10-15,20,22,25,30,32-34,52H,4-9,16-19,21,23-24H2,1-3H3,(H,45,54)(H,46,53)/t30-,32+,33-,34+/m0/s1. The molecule has 4 amide bonds. The summed E-state index contributed by atoms with van der Waals surface area (Å²) in [5.74, 6) is -3.40. The highest BCUT2D eigenvalue weighted by atomic mass is 19.4. The van der Waals surface area contributed by atoms with Crippen molar-refractivity contribution >= 4 is 23.6 Å². The van der Waals surface area contributed by atoms with Crippen LogP contribution in [0.1, 0.15) is 92.4 Å². The summed E-state index contributed by atoms with van der Waals surface area (Å²) in [6.07, 6.45) is 1.06. The van der Waals surface area contributed by atoms with E-state index in [2.05, 4.69) is 20.9 Å². The van der Waals surface area contributed by atoms with E-state index in [0.717, 1.165) is 56.4 Å². The molecule has 1 fully saturated rings. The van der Waals surface area contributed by atoms with Crippen LogP contribution in [-0.2, 0) is 40.1 Å². The zero-order valence-electron chi connectivity index (χ0n) is 32.4. The molecule has 13 nitrogen and oxygen atoms in total. The number of aliphatic hydroxyl groups excluding tert-OH is 1. The monoisotopic (exact) mass is 801 g/mol. The van der Waals surface area contributed by atoms with E-state index < -0.39 is 65.4 Å². The number of rotatable bonds is 4. The van der Waals surface area contributed by atoms with Crippen molar-refractivity contribution in [2.75, 3.05) is 20.1 Å². The van der Waals surface area contributed by atoms with Gasteiger partial charge in [0.1, 0.15) is 42.0 Å². The zero-order valence-corrected chi connectivity index (χ0v) is 32.4. The number of carbonyl (C=O) groups is 4. The molecule has 2 aliphatic heterocycles. The Hall–Kier alpha value is -5.06. The van der Waals surface area contributed by atoms with Gasteiger partial charge in [0.05, 0.1) is 23.4 Å². The van der Waals surface area contributed by atoms with Gasteiger partial charge in [0.25, 0.3) is 5.91 Å². The molecule has 5 rings (SSSR count). The molecular weight excluding hydrogens is 750 g/mol. The van der Waals surface area contributed by atoms with Gasteiger partial charge in [-0.3, -0.25) is 23.9 Å². The largest absolute Gasteiger partial charge is 0.486 e. The molecule has 310 valence electrons. The minimum absolute atomic E-state index is 0.0438. The fourth-order valence-corrected chi connectivity index (χ4v) is 7.17. The highest BCUT2D eigenvalue weighted by Crippen LogP contribution is 2.30. The minimum atomic E-state index is -4.56. The van der Waals surface area contributed by atoms with Gasteiger partial charge < -0.3 is 30.3 Å². The Labute approximate surface area is 329 Å². The number of likely N-dealkylation sites (N-methyl/N-ethyl adjacent to an activating group) is 1. The van der Waals surface area contributed by atoms with Crippen LogP contribution in [0.4, 0.5) is 17.6 Å². The minimum Gasteiger partial charge on any atom is -0.486 e. The number of alkyl halides is 3. The molecule has 17 heteroatoms. The number of aromatic nitrogens is 3. The quantitative estimate of drug-likeness (QED) is 0.322. The van der Waals surface area contributed by atoms with Gasteiger partial charge >= 0.3 is 6.18 Å². The molecule has 0 saturated carbocycles. The molecule has 2 aromatic carbocycles. The van der Waals surface area contributed by atoms with Gasteiger partial charge in [0.2, 0.25) is 17.7 Å². The molecular formula is C40H51F4N7O6. The number of aryl methyl sites for hydroxylation is 1. The molecule has 4 atom stereocenters. The fraction of sp³-hybridized carbons (Fsp3) is 0.550. The van der Waals surface area contributed by atoms with Crippen molar-refractivity contribution in [3.8, 4) is 5.75 Å². The highest BCUT2D eigenvalue weighted by Gasteiger charge is 2.44. The summed E-state index contributed by atoms with van der Waals surface area (Å²) in [5.41, 5.74) is -0.0462. The van der Waals surface area contributed by atoms with Crippen molar-refractivity contribution < 1.29 is 46.6 Å². The summed E-state index contributed by atoms with van der Waals surface area (Å²) < 4.78 is 61.9. The summed E-state index contributed by atoms with van der Waals surface area (Å²) >= 11 is 0. The lowest BCUT2D eigenvalue weighted by Gasteiger charge is -2.34. The van der Waals surface area contributed by atoms with Crippen LogP contribution in [0.5, 0.6) is 5.75 Å². The fourth-order valence-electron chi connectivity index (χ4n) is 7.17. The van der Waals surface area contributed by atoms with Crippen molar-refractivity contribution in [2.45, 2.75) is 115 Å². The predicted molar refractivity (Wildman–Crippen MR) is 200 cm³/mol. The lowest BCUT2D eigenvalue weighted by atomic mass is 10.00. The number of amides is 4. The van der Waals surface area contributed by atoms with Gasteiger partial charge in [-0.1, -0.05) is 56.9 Å². The number of hydrogen-bond acceptors (Lipinski definition) is 8. The number of benzene rings is 2. The van der Waals surface area contributed by atoms with E-state index in [0.29, 0.717) is 30.8 Å². The smallest absolute Gasteiger partial charge is 0.416 e. The van der Waals surface area contributed by atoms with Crippen LogP contribution in [-0.4, -0.2) is 97.9 Å². The Balaban J connectivity index is 1.43. The first-order chi connectivity index (χ1) is 27.1. The number of nitrogens with zero attached hydrogens (tertiary/aromatic N) is 5. The third-order valence-corrected chi connectivity index (χ3v) is 10.2. The average Bonchev–Trinajstić information content (AvgIpc) is 3.79. The molecule has 0 radical (unpaired) electrons. The molecule has 2 bridgehead atoms. The number of nitrogens with one attached hydrogen (secondary N) is 2. The predicted octanol–water partition coefficient (Wildman–Crippen LogP) is 4.66.